The highest BCUT2D eigenvalue weighted by molar-refractivity contribution is 5.76. The van der Waals surface area contributed by atoms with Gasteiger partial charge in [-0.15, -0.1) is 0 Å². The maximum Gasteiger partial charge on any atom is 0.266 e. The summed E-state index contributed by atoms with van der Waals surface area (Å²) in [6.07, 6.45) is 2.77. The van der Waals surface area contributed by atoms with Gasteiger partial charge in [0.1, 0.15) is 11.6 Å². The van der Waals surface area contributed by atoms with Crippen molar-refractivity contribution in [3.8, 4) is 6.07 Å². The summed E-state index contributed by atoms with van der Waals surface area (Å²) in [5, 5.41) is 15.5. The summed E-state index contributed by atoms with van der Waals surface area (Å²) in [6, 6.07) is 1.94. The van der Waals surface area contributed by atoms with Gasteiger partial charge in [-0.1, -0.05) is 0 Å². The molecule has 0 aromatic carbocycles. The highest BCUT2D eigenvalue weighted by atomic mass is 16.5. The molecule has 142 valence electrons. The van der Waals surface area contributed by atoms with Crippen molar-refractivity contribution in [1.82, 2.24) is 15.6 Å². The minimum atomic E-state index is -0.372. The Labute approximate surface area is 154 Å². The Kier molecular flexibility index (Phi) is 6.95. The number of H-pyrrole nitrogens is 1. The van der Waals surface area contributed by atoms with Crippen molar-refractivity contribution in [3.63, 3.8) is 0 Å². The zero-order valence-electron chi connectivity index (χ0n) is 15.8. The summed E-state index contributed by atoms with van der Waals surface area (Å²) < 4.78 is 5.37. The van der Waals surface area contributed by atoms with E-state index in [9.17, 15) is 9.59 Å². The molecule has 0 saturated carbocycles. The third-order valence-electron chi connectivity index (χ3n) is 5.30. The average Bonchev–Trinajstić information content (AvgIpc) is 2.61. The van der Waals surface area contributed by atoms with Gasteiger partial charge < -0.3 is 20.4 Å². The molecule has 7 nitrogen and oxygen atoms in total. The molecule has 0 radical (unpaired) electrons. The maximum absolute atomic E-state index is 12.3. The number of ether oxygens (including phenoxy) is 1. The molecule has 2 rings (SSSR count). The first-order valence-corrected chi connectivity index (χ1v) is 9.01. The fraction of sp³-hybridized carbons (Fsp3) is 0.632. The van der Waals surface area contributed by atoms with Crippen LogP contribution in [0.3, 0.4) is 0 Å². The number of nitrogens with zero attached hydrogens (tertiary/aromatic N) is 1. The zero-order chi connectivity index (χ0) is 19.2. The molecule has 1 saturated heterocycles. The van der Waals surface area contributed by atoms with E-state index < -0.39 is 0 Å². The van der Waals surface area contributed by atoms with Crippen molar-refractivity contribution in [1.29, 1.82) is 5.26 Å². The van der Waals surface area contributed by atoms with Crippen molar-refractivity contribution in [3.05, 3.63) is 32.7 Å². The van der Waals surface area contributed by atoms with Crippen LogP contribution in [0.1, 0.15) is 41.6 Å². The first-order valence-electron chi connectivity index (χ1n) is 9.01. The van der Waals surface area contributed by atoms with Crippen molar-refractivity contribution in [2.45, 2.75) is 39.5 Å². The van der Waals surface area contributed by atoms with Gasteiger partial charge in [-0.2, -0.15) is 5.26 Å². The van der Waals surface area contributed by atoms with Crippen LogP contribution in [-0.2, 0) is 16.0 Å². The van der Waals surface area contributed by atoms with Crippen molar-refractivity contribution in [2.75, 3.05) is 33.4 Å². The first-order chi connectivity index (χ1) is 12.4. The van der Waals surface area contributed by atoms with Gasteiger partial charge in [-0.3, -0.25) is 9.59 Å². The van der Waals surface area contributed by atoms with Crippen LogP contribution in [0.25, 0.3) is 0 Å². The average molecular weight is 360 g/mol. The molecular formula is C19H28N4O3. The maximum atomic E-state index is 12.3. The Bertz CT molecular complexity index is 737. The largest absolute Gasteiger partial charge is 0.384 e. The smallest absolute Gasteiger partial charge is 0.266 e. The molecule has 0 unspecified atom stereocenters. The van der Waals surface area contributed by atoms with Crippen LogP contribution in [0.15, 0.2) is 4.79 Å². The lowest BCUT2D eigenvalue weighted by atomic mass is 9.79. The van der Waals surface area contributed by atoms with Gasteiger partial charge in [-0.25, -0.2) is 0 Å². The zero-order valence-corrected chi connectivity index (χ0v) is 15.8. The van der Waals surface area contributed by atoms with E-state index in [4.69, 9.17) is 10.00 Å². The fourth-order valence-corrected chi connectivity index (χ4v) is 3.67. The molecule has 3 N–H and O–H groups in total. The van der Waals surface area contributed by atoms with Crippen LogP contribution in [0.4, 0.5) is 0 Å². The van der Waals surface area contributed by atoms with Gasteiger partial charge in [-0.05, 0) is 57.3 Å². The molecule has 7 heteroatoms. The second-order valence-corrected chi connectivity index (χ2v) is 7.13. The van der Waals surface area contributed by atoms with Gasteiger partial charge >= 0.3 is 0 Å². The van der Waals surface area contributed by atoms with Crippen molar-refractivity contribution >= 4 is 5.91 Å². The Morgan fingerprint density at radius 1 is 1.35 bits per heavy atom. The normalized spacial score (nSPS) is 16.1. The van der Waals surface area contributed by atoms with E-state index in [0.29, 0.717) is 37.3 Å². The van der Waals surface area contributed by atoms with E-state index in [1.54, 1.807) is 21.0 Å². The predicted octanol–water partition coefficient (Wildman–Crippen LogP) is 0.928. The summed E-state index contributed by atoms with van der Waals surface area (Å²) >= 11 is 0. The number of carbonyl (C=O) groups is 1. The number of rotatable bonds is 7. The number of carbonyl (C=O) groups excluding carboxylic acids is 1. The molecule has 1 aliphatic heterocycles. The van der Waals surface area contributed by atoms with Crippen molar-refractivity contribution in [2.24, 2.45) is 5.41 Å². The standard InChI is InChI=1S/C19H28N4O3/c1-13-15(14(2)23-18(25)16(13)10-20)4-5-17(24)22-11-19(12-26-3)6-8-21-9-7-19/h21H,4-9,11-12H2,1-3H3,(H,22,24)(H,23,25). The van der Waals surface area contributed by atoms with Gasteiger partial charge in [0, 0.05) is 31.2 Å². The molecule has 1 amide bonds. The molecule has 1 aromatic heterocycles. The molecule has 0 bridgehead atoms. The van der Waals surface area contributed by atoms with Gasteiger partial charge in [0.15, 0.2) is 0 Å². The number of hydrogen-bond donors (Lipinski definition) is 3. The lowest BCUT2D eigenvalue weighted by Crippen LogP contribution is -2.47. The number of piperidine rings is 1. The lowest BCUT2D eigenvalue weighted by molar-refractivity contribution is -0.122. The highest BCUT2D eigenvalue weighted by Crippen LogP contribution is 2.28. The van der Waals surface area contributed by atoms with Gasteiger partial charge in [0.25, 0.3) is 5.56 Å². The topological polar surface area (TPSA) is 107 Å². The van der Waals surface area contributed by atoms with Gasteiger partial charge in [0.05, 0.1) is 6.61 Å². The number of aromatic amines is 1. The fourth-order valence-electron chi connectivity index (χ4n) is 3.67. The predicted molar refractivity (Wildman–Crippen MR) is 99.0 cm³/mol. The summed E-state index contributed by atoms with van der Waals surface area (Å²) in [7, 11) is 1.69. The van der Waals surface area contributed by atoms with Crippen molar-refractivity contribution < 1.29 is 9.53 Å². The number of nitriles is 1. The van der Waals surface area contributed by atoms with Crippen LogP contribution in [-0.4, -0.2) is 44.2 Å². The Morgan fingerprint density at radius 3 is 2.65 bits per heavy atom. The van der Waals surface area contributed by atoms with E-state index in [1.165, 1.54) is 0 Å². The Balaban J connectivity index is 1.97. The molecule has 1 aromatic rings. The number of aryl methyl sites for hydroxylation is 1. The van der Waals surface area contributed by atoms with E-state index in [2.05, 4.69) is 15.6 Å². The summed E-state index contributed by atoms with van der Waals surface area (Å²) in [4.78, 5) is 26.8. The molecular weight excluding hydrogens is 332 g/mol. The van der Waals surface area contributed by atoms with Crippen LogP contribution in [0, 0.1) is 30.6 Å². The molecule has 0 aliphatic carbocycles. The molecule has 0 atom stereocenters. The number of methoxy groups -OCH3 is 1. The molecule has 0 spiro atoms. The Hall–Kier alpha value is -2.17. The third kappa shape index (κ3) is 4.71. The van der Waals surface area contributed by atoms with Crippen LogP contribution >= 0.6 is 0 Å². The number of nitrogens with one attached hydrogen (secondary N) is 3. The third-order valence-corrected chi connectivity index (χ3v) is 5.30. The molecule has 2 heterocycles. The summed E-state index contributed by atoms with van der Waals surface area (Å²) in [5.74, 6) is -0.0254. The quantitative estimate of drug-likeness (QED) is 0.670. The van der Waals surface area contributed by atoms with E-state index in [1.807, 2.05) is 6.07 Å². The number of amides is 1. The molecule has 26 heavy (non-hydrogen) atoms. The second kappa shape index (κ2) is 8.97. The molecule has 1 aliphatic rings. The monoisotopic (exact) mass is 360 g/mol. The Morgan fingerprint density at radius 2 is 2.04 bits per heavy atom. The number of hydrogen-bond acceptors (Lipinski definition) is 5. The first kappa shape index (κ1) is 20.1. The summed E-state index contributed by atoms with van der Waals surface area (Å²) in [5.41, 5.74) is 1.99. The van der Waals surface area contributed by atoms with Crippen LogP contribution < -0.4 is 16.2 Å². The van der Waals surface area contributed by atoms with E-state index in [0.717, 1.165) is 31.5 Å². The second-order valence-electron chi connectivity index (χ2n) is 7.13. The lowest BCUT2D eigenvalue weighted by Gasteiger charge is -2.37. The number of aromatic nitrogens is 1. The van der Waals surface area contributed by atoms with Crippen LogP contribution in [0.2, 0.25) is 0 Å². The minimum absolute atomic E-state index is 0.00649. The summed E-state index contributed by atoms with van der Waals surface area (Å²) in [6.45, 7) is 6.67. The highest BCUT2D eigenvalue weighted by Gasteiger charge is 2.32. The van der Waals surface area contributed by atoms with E-state index in [-0.39, 0.29) is 22.4 Å². The number of pyridine rings is 1. The van der Waals surface area contributed by atoms with E-state index >= 15 is 0 Å². The van der Waals surface area contributed by atoms with Gasteiger partial charge in [0.2, 0.25) is 5.91 Å². The minimum Gasteiger partial charge on any atom is -0.384 e. The molecule has 1 fully saturated rings. The van der Waals surface area contributed by atoms with Crippen LogP contribution in [0.5, 0.6) is 0 Å². The SMILES string of the molecule is COCC1(CNC(=O)CCc2c(C)[nH]c(=O)c(C#N)c2C)CCNCC1.